The molecule has 0 nitrogen and oxygen atoms in total. The third-order valence-corrected chi connectivity index (χ3v) is 1.25. The van der Waals surface area contributed by atoms with Crippen LogP contribution in [0.2, 0.25) is 0 Å². The molecule has 8 heavy (non-hydrogen) atoms. The molecule has 0 aliphatic rings. The zero-order chi connectivity index (χ0) is 6.41. The van der Waals surface area contributed by atoms with Crippen LogP contribution in [0.15, 0.2) is 23.7 Å². The molecule has 0 aliphatic heterocycles. The van der Waals surface area contributed by atoms with Gasteiger partial charge in [0.1, 0.15) is 0 Å². The van der Waals surface area contributed by atoms with Gasteiger partial charge in [-0.2, -0.15) is 0 Å². The zero-order valence-electron chi connectivity index (χ0n) is 4.99. The number of halogens is 1. The molecule has 0 atom stereocenters. The van der Waals surface area contributed by atoms with Gasteiger partial charge in [0.15, 0.2) is 0 Å². The topological polar surface area (TPSA) is 0 Å². The number of hydrogen-bond acceptors (Lipinski definition) is 0. The van der Waals surface area contributed by atoms with E-state index < -0.39 is 0 Å². The van der Waals surface area contributed by atoms with Crippen molar-refractivity contribution in [3.8, 4) is 0 Å². The van der Waals surface area contributed by atoms with Crippen LogP contribution in [0.4, 0.5) is 0 Å². The minimum Gasteiger partial charge on any atom is -0.103 e. The predicted octanol–water partition coefficient (Wildman–Crippen LogP) is 3.25. The molecule has 0 saturated carbocycles. The van der Waals surface area contributed by atoms with Crippen molar-refractivity contribution in [1.29, 1.82) is 0 Å². The van der Waals surface area contributed by atoms with Crippen molar-refractivity contribution < 1.29 is 0 Å². The Morgan fingerprint density at radius 2 is 2.25 bits per heavy atom. The fourth-order valence-corrected chi connectivity index (χ4v) is 0.719. The van der Waals surface area contributed by atoms with Crippen molar-refractivity contribution >= 4 is 15.9 Å². The largest absolute Gasteiger partial charge is 0.103 e. The Morgan fingerprint density at radius 3 is 2.62 bits per heavy atom. The van der Waals surface area contributed by atoms with Crippen LogP contribution in [0.1, 0.15) is 19.3 Å². The predicted molar refractivity (Wildman–Crippen MR) is 42.1 cm³/mol. The average molecular weight is 175 g/mol. The van der Waals surface area contributed by atoms with Gasteiger partial charge in [0.05, 0.1) is 0 Å². The summed E-state index contributed by atoms with van der Waals surface area (Å²) in [7, 11) is 0. The summed E-state index contributed by atoms with van der Waals surface area (Å²) in [4.78, 5) is 0. The average Bonchev–Trinajstić information content (AvgIpc) is 1.66. The highest BCUT2D eigenvalue weighted by molar-refractivity contribution is 9.11. The summed E-state index contributed by atoms with van der Waals surface area (Å²) in [5.41, 5.74) is 0. The lowest BCUT2D eigenvalue weighted by Gasteiger charge is -1.91. The highest BCUT2D eigenvalue weighted by Gasteiger charge is 1.84. The third kappa shape index (κ3) is 5.96. The van der Waals surface area contributed by atoms with Crippen LogP contribution < -0.4 is 0 Å². The highest BCUT2D eigenvalue weighted by atomic mass is 79.9. The molecule has 0 N–H and O–H groups in total. The molecular weight excluding hydrogens is 164 g/mol. The van der Waals surface area contributed by atoms with Crippen molar-refractivity contribution in [2.75, 3.05) is 0 Å². The van der Waals surface area contributed by atoms with Crippen LogP contribution in [-0.2, 0) is 0 Å². The van der Waals surface area contributed by atoms with E-state index in [1.54, 1.807) is 0 Å². The Bertz CT molecular complexity index is 84.4. The Balaban J connectivity index is 2.93. The molecule has 0 bridgehead atoms. The maximum Gasteiger partial charge on any atom is -0.0121 e. The van der Waals surface area contributed by atoms with Gasteiger partial charge in [-0.1, -0.05) is 28.6 Å². The lowest BCUT2D eigenvalue weighted by Crippen LogP contribution is -1.69. The number of unbranched alkanes of at least 4 members (excludes halogenated alkanes) is 1. The first kappa shape index (κ1) is 7.96. The first-order valence-electron chi connectivity index (χ1n) is 2.71. The Hall–Kier alpha value is -0.0400. The molecule has 0 aromatic rings. The highest BCUT2D eigenvalue weighted by Crippen LogP contribution is 2.10. The van der Waals surface area contributed by atoms with Crippen LogP contribution in [-0.4, -0.2) is 0 Å². The Labute approximate surface area is 59.4 Å². The summed E-state index contributed by atoms with van der Waals surface area (Å²) in [6.45, 7) is 7.32. The lowest BCUT2D eigenvalue weighted by molar-refractivity contribution is 0.865. The smallest absolute Gasteiger partial charge is 0.0121 e. The van der Waals surface area contributed by atoms with Crippen LogP contribution in [0.3, 0.4) is 0 Å². The van der Waals surface area contributed by atoms with Crippen LogP contribution in [0.25, 0.3) is 0 Å². The van der Waals surface area contributed by atoms with Gasteiger partial charge >= 0.3 is 0 Å². The fourth-order valence-electron chi connectivity index (χ4n) is 0.438. The molecule has 0 heterocycles. The van der Waals surface area contributed by atoms with Crippen LogP contribution in [0.5, 0.6) is 0 Å². The SMILES string of the molecule is C=CCCCC(=C)Br. The normalized spacial score (nSPS) is 8.62. The zero-order valence-corrected chi connectivity index (χ0v) is 6.58. The first-order valence-corrected chi connectivity index (χ1v) is 3.51. The van der Waals surface area contributed by atoms with E-state index in [2.05, 4.69) is 29.1 Å². The van der Waals surface area contributed by atoms with E-state index in [-0.39, 0.29) is 0 Å². The van der Waals surface area contributed by atoms with Gasteiger partial charge in [-0.25, -0.2) is 0 Å². The summed E-state index contributed by atoms with van der Waals surface area (Å²) in [6, 6.07) is 0. The molecule has 0 saturated heterocycles. The summed E-state index contributed by atoms with van der Waals surface area (Å²) in [5.74, 6) is 0. The molecule has 0 spiro atoms. The molecule has 0 aliphatic carbocycles. The quantitative estimate of drug-likeness (QED) is 0.454. The van der Waals surface area contributed by atoms with Gasteiger partial charge in [-0.15, -0.1) is 6.58 Å². The van der Waals surface area contributed by atoms with Crippen molar-refractivity contribution in [2.24, 2.45) is 0 Å². The summed E-state index contributed by atoms with van der Waals surface area (Å²) >= 11 is 3.28. The van der Waals surface area contributed by atoms with Crippen molar-refractivity contribution in [3.63, 3.8) is 0 Å². The van der Waals surface area contributed by atoms with Gasteiger partial charge in [0.2, 0.25) is 0 Å². The second kappa shape index (κ2) is 5.10. The fraction of sp³-hybridized carbons (Fsp3) is 0.429. The van der Waals surface area contributed by atoms with E-state index in [4.69, 9.17) is 0 Å². The standard InChI is InChI=1S/C7H11Br/c1-3-4-5-6-7(2)8/h3H,1-2,4-6H2. The first-order chi connectivity index (χ1) is 3.77. The maximum atomic E-state index is 3.71. The molecule has 0 rings (SSSR count). The molecule has 0 amide bonds. The second-order valence-corrected chi connectivity index (χ2v) is 2.82. The van der Waals surface area contributed by atoms with Crippen molar-refractivity contribution in [2.45, 2.75) is 19.3 Å². The van der Waals surface area contributed by atoms with Gasteiger partial charge in [-0.05, 0) is 23.7 Å². The van der Waals surface area contributed by atoms with Gasteiger partial charge < -0.3 is 0 Å². The van der Waals surface area contributed by atoms with E-state index in [1.165, 1.54) is 0 Å². The molecule has 0 aromatic heterocycles. The second-order valence-electron chi connectivity index (χ2n) is 1.70. The van der Waals surface area contributed by atoms with Gasteiger partial charge in [-0.3, -0.25) is 0 Å². The minimum atomic E-state index is 1.06. The molecule has 0 fully saturated rings. The summed E-state index contributed by atoms with van der Waals surface area (Å²) in [5, 5.41) is 0. The van der Waals surface area contributed by atoms with Gasteiger partial charge in [0, 0.05) is 0 Å². The van der Waals surface area contributed by atoms with E-state index in [0.29, 0.717) is 0 Å². The molecule has 0 radical (unpaired) electrons. The van der Waals surface area contributed by atoms with Crippen LogP contribution in [0, 0.1) is 0 Å². The van der Waals surface area contributed by atoms with Crippen molar-refractivity contribution in [1.82, 2.24) is 0 Å². The molecular formula is C7H11Br. The monoisotopic (exact) mass is 174 g/mol. The van der Waals surface area contributed by atoms with E-state index in [9.17, 15) is 0 Å². The van der Waals surface area contributed by atoms with E-state index in [0.717, 1.165) is 23.7 Å². The number of rotatable bonds is 4. The Kier molecular flexibility index (Phi) is 5.08. The number of hydrogen-bond donors (Lipinski definition) is 0. The minimum absolute atomic E-state index is 1.06. The summed E-state index contributed by atoms with van der Waals surface area (Å²) in [6.07, 6.45) is 5.24. The summed E-state index contributed by atoms with van der Waals surface area (Å²) < 4.78 is 1.08. The molecule has 0 unspecified atom stereocenters. The van der Waals surface area contributed by atoms with Gasteiger partial charge in [0.25, 0.3) is 0 Å². The molecule has 46 valence electrons. The van der Waals surface area contributed by atoms with E-state index in [1.807, 2.05) is 6.08 Å². The van der Waals surface area contributed by atoms with E-state index >= 15 is 0 Å². The lowest BCUT2D eigenvalue weighted by atomic mass is 10.2. The van der Waals surface area contributed by atoms with Crippen LogP contribution >= 0.6 is 15.9 Å². The third-order valence-electron chi connectivity index (χ3n) is 0.856. The maximum absolute atomic E-state index is 3.71. The van der Waals surface area contributed by atoms with Crippen molar-refractivity contribution in [3.05, 3.63) is 23.7 Å². The Morgan fingerprint density at radius 1 is 1.62 bits per heavy atom. The molecule has 0 aromatic carbocycles. The number of allylic oxidation sites excluding steroid dienone is 2. The molecule has 1 heteroatoms.